The summed E-state index contributed by atoms with van der Waals surface area (Å²) in [7, 11) is -3.26. The van der Waals surface area contributed by atoms with E-state index >= 15 is 0 Å². The molecule has 0 aromatic heterocycles. The molecular formula is C13H19NO3S. The number of rotatable bonds is 4. The number of nitrogens with zero attached hydrogens (tertiary/aromatic N) is 1. The van der Waals surface area contributed by atoms with Crippen molar-refractivity contribution in [2.24, 2.45) is 0 Å². The quantitative estimate of drug-likeness (QED) is 0.834. The minimum absolute atomic E-state index is 0.129. The largest absolute Gasteiger partial charge is 0.363 e. The van der Waals surface area contributed by atoms with E-state index in [9.17, 15) is 8.42 Å². The summed E-state index contributed by atoms with van der Waals surface area (Å²) in [4.78, 5) is 0. The minimum atomic E-state index is -3.26. The maximum Gasteiger partial charge on any atom is 0.216 e. The van der Waals surface area contributed by atoms with Gasteiger partial charge in [0.25, 0.3) is 0 Å². The van der Waals surface area contributed by atoms with Crippen LogP contribution in [0.4, 0.5) is 0 Å². The van der Waals surface area contributed by atoms with E-state index in [1.165, 1.54) is 4.31 Å². The summed E-state index contributed by atoms with van der Waals surface area (Å²) in [6, 6.07) is 9.66. The van der Waals surface area contributed by atoms with Crippen molar-refractivity contribution < 1.29 is 13.2 Å². The van der Waals surface area contributed by atoms with Crippen LogP contribution < -0.4 is 0 Å². The number of benzene rings is 1. The molecule has 1 saturated heterocycles. The zero-order valence-corrected chi connectivity index (χ0v) is 11.6. The second-order valence-electron chi connectivity index (χ2n) is 5.19. The number of aryl methyl sites for hydroxylation is 1. The number of ether oxygens (including phenoxy) is 1. The zero-order valence-electron chi connectivity index (χ0n) is 10.8. The van der Waals surface area contributed by atoms with Crippen LogP contribution in [0.15, 0.2) is 30.3 Å². The molecule has 0 amide bonds. The normalized spacial score (nSPS) is 20.1. The second-order valence-corrected chi connectivity index (χ2v) is 7.20. The summed E-state index contributed by atoms with van der Waals surface area (Å²) in [5.74, 6) is 0.129. The third kappa shape index (κ3) is 2.91. The maximum absolute atomic E-state index is 12.3. The highest BCUT2D eigenvalue weighted by Crippen LogP contribution is 2.25. The van der Waals surface area contributed by atoms with Crippen molar-refractivity contribution in [2.75, 3.05) is 19.1 Å². The van der Waals surface area contributed by atoms with Crippen LogP contribution in [0.25, 0.3) is 0 Å². The van der Waals surface area contributed by atoms with Crippen molar-refractivity contribution in [2.45, 2.75) is 25.8 Å². The molecule has 1 aliphatic heterocycles. The molecule has 18 heavy (non-hydrogen) atoms. The highest BCUT2D eigenvalue weighted by Gasteiger charge is 2.40. The van der Waals surface area contributed by atoms with E-state index < -0.39 is 15.6 Å². The Morgan fingerprint density at radius 3 is 2.50 bits per heavy atom. The molecule has 0 saturated carbocycles. The molecule has 2 rings (SSSR count). The lowest BCUT2D eigenvalue weighted by atomic mass is 10.1. The molecule has 0 spiro atoms. The van der Waals surface area contributed by atoms with Gasteiger partial charge in [0.15, 0.2) is 0 Å². The molecule has 1 aromatic carbocycles. The summed E-state index contributed by atoms with van der Waals surface area (Å²) < 4.78 is 31.3. The zero-order chi connectivity index (χ0) is 13.2. The summed E-state index contributed by atoms with van der Waals surface area (Å²) in [5.41, 5.74) is 0.606. The fraction of sp³-hybridized carbons (Fsp3) is 0.538. The van der Waals surface area contributed by atoms with Crippen LogP contribution in [0.5, 0.6) is 0 Å². The van der Waals surface area contributed by atoms with Crippen molar-refractivity contribution in [3.63, 3.8) is 0 Å². The van der Waals surface area contributed by atoms with Crippen molar-refractivity contribution >= 4 is 10.0 Å². The number of hydrogen-bond donors (Lipinski definition) is 0. The second kappa shape index (κ2) is 4.99. The average Bonchev–Trinajstić information content (AvgIpc) is 2.69. The molecule has 0 radical (unpaired) electrons. The van der Waals surface area contributed by atoms with Gasteiger partial charge in [0, 0.05) is 0 Å². The first kappa shape index (κ1) is 13.5. The molecule has 1 aromatic rings. The van der Waals surface area contributed by atoms with Gasteiger partial charge in [-0.1, -0.05) is 30.3 Å². The molecule has 0 aliphatic carbocycles. The van der Waals surface area contributed by atoms with E-state index in [2.05, 4.69) is 0 Å². The Bertz CT molecular complexity index is 496. The van der Waals surface area contributed by atoms with E-state index in [1.54, 1.807) is 0 Å². The Labute approximate surface area is 109 Å². The fourth-order valence-corrected chi connectivity index (χ4v) is 3.84. The fourth-order valence-electron chi connectivity index (χ4n) is 2.08. The van der Waals surface area contributed by atoms with Crippen molar-refractivity contribution in [1.29, 1.82) is 0 Å². The molecular weight excluding hydrogens is 250 g/mol. The molecule has 1 heterocycles. The molecule has 0 N–H and O–H groups in total. The molecule has 100 valence electrons. The molecule has 5 heteroatoms. The third-order valence-corrected chi connectivity index (χ3v) is 5.16. The van der Waals surface area contributed by atoms with Crippen LogP contribution in [0.2, 0.25) is 0 Å². The summed E-state index contributed by atoms with van der Waals surface area (Å²) in [5, 5.41) is 0. The lowest BCUT2D eigenvalue weighted by Crippen LogP contribution is -2.45. The van der Waals surface area contributed by atoms with E-state index in [1.807, 2.05) is 44.2 Å². The highest BCUT2D eigenvalue weighted by atomic mass is 32.2. The summed E-state index contributed by atoms with van der Waals surface area (Å²) in [6.45, 7) is 4.40. The summed E-state index contributed by atoms with van der Waals surface area (Å²) in [6.07, 6.45) is 0.537. The summed E-state index contributed by atoms with van der Waals surface area (Å²) >= 11 is 0. The molecule has 4 nitrogen and oxygen atoms in total. The third-order valence-electron chi connectivity index (χ3n) is 3.17. The molecule has 0 atom stereocenters. The van der Waals surface area contributed by atoms with Gasteiger partial charge in [-0.15, -0.1) is 0 Å². The van der Waals surface area contributed by atoms with Crippen LogP contribution in [-0.4, -0.2) is 37.4 Å². The smallest absolute Gasteiger partial charge is 0.216 e. The Kier molecular flexibility index (Phi) is 3.75. The van der Waals surface area contributed by atoms with Gasteiger partial charge >= 0.3 is 0 Å². The molecule has 1 aliphatic rings. The van der Waals surface area contributed by atoms with E-state index in [0.29, 0.717) is 13.0 Å². The monoisotopic (exact) mass is 269 g/mol. The van der Waals surface area contributed by atoms with E-state index in [0.717, 1.165) is 5.56 Å². The van der Waals surface area contributed by atoms with Gasteiger partial charge in [0.2, 0.25) is 10.0 Å². The number of sulfonamides is 1. The maximum atomic E-state index is 12.3. The molecule has 1 fully saturated rings. The Morgan fingerprint density at radius 1 is 1.28 bits per heavy atom. The van der Waals surface area contributed by atoms with Gasteiger partial charge in [-0.05, 0) is 25.8 Å². The van der Waals surface area contributed by atoms with Crippen molar-refractivity contribution in [3.05, 3.63) is 35.9 Å². The van der Waals surface area contributed by atoms with Crippen LogP contribution in [-0.2, 0) is 21.2 Å². The van der Waals surface area contributed by atoms with Gasteiger partial charge in [0.05, 0.1) is 17.9 Å². The number of hydrogen-bond acceptors (Lipinski definition) is 3. The topological polar surface area (TPSA) is 46.6 Å². The van der Waals surface area contributed by atoms with Gasteiger partial charge in [-0.3, -0.25) is 0 Å². The first-order chi connectivity index (χ1) is 8.42. The van der Waals surface area contributed by atoms with E-state index in [-0.39, 0.29) is 12.5 Å². The standard InChI is InChI=1S/C13H19NO3S/c1-13(2)10-17-11-14(13)18(15,16)9-8-12-6-4-3-5-7-12/h3-7H,8-11H2,1-2H3. The van der Waals surface area contributed by atoms with Crippen LogP contribution in [0.1, 0.15) is 19.4 Å². The van der Waals surface area contributed by atoms with Gasteiger partial charge in [-0.25, -0.2) is 8.42 Å². The van der Waals surface area contributed by atoms with Crippen LogP contribution >= 0.6 is 0 Å². The Hall–Kier alpha value is -0.910. The predicted molar refractivity (Wildman–Crippen MR) is 70.7 cm³/mol. The highest BCUT2D eigenvalue weighted by molar-refractivity contribution is 7.89. The first-order valence-electron chi connectivity index (χ1n) is 6.04. The SMILES string of the molecule is CC1(C)COCN1S(=O)(=O)CCc1ccccc1. The Balaban J connectivity index is 2.04. The van der Waals surface area contributed by atoms with Crippen molar-refractivity contribution in [3.8, 4) is 0 Å². The van der Waals surface area contributed by atoms with Crippen LogP contribution in [0, 0.1) is 0 Å². The van der Waals surface area contributed by atoms with Gasteiger partial charge in [-0.2, -0.15) is 4.31 Å². The van der Waals surface area contributed by atoms with Crippen LogP contribution in [0.3, 0.4) is 0 Å². The van der Waals surface area contributed by atoms with Gasteiger partial charge < -0.3 is 4.74 Å². The average molecular weight is 269 g/mol. The van der Waals surface area contributed by atoms with Crippen molar-refractivity contribution in [1.82, 2.24) is 4.31 Å². The van der Waals surface area contributed by atoms with Gasteiger partial charge in [0.1, 0.15) is 6.73 Å². The lowest BCUT2D eigenvalue weighted by molar-refractivity contribution is 0.171. The molecule has 0 unspecified atom stereocenters. The predicted octanol–water partition coefficient (Wildman–Crippen LogP) is 1.63. The first-order valence-corrected chi connectivity index (χ1v) is 7.65. The minimum Gasteiger partial charge on any atom is -0.363 e. The molecule has 0 bridgehead atoms. The Morgan fingerprint density at radius 2 is 1.94 bits per heavy atom. The van der Waals surface area contributed by atoms with E-state index in [4.69, 9.17) is 4.74 Å². The lowest BCUT2D eigenvalue weighted by Gasteiger charge is -2.28.